The largest absolute Gasteiger partial charge is 0.396 e. The predicted octanol–water partition coefficient (Wildman–Crippen LogP) is 2.17. The molecule has 1 aliphatic rings. The summed E-state index contributed by atoms with van der Waals surface area (Å²) in [4.78, 5) is 0. The van der Waals surface area contributed by atoms with Crippen LogP contribution in [0.1, 0.15) is 46.5 Å². The second kappa shape index (κ2) is 5.13. The number of nitrogens with one attached hydrogen (secondary N) is 1. The third-order valence-corrected chi connectivity index (χ3v) is 3.84. The molecule has 0 aromatic carbocycles. The molecule has 0 saturated heterocycles. The maximum atomic E-state index is 9.17. The summed E-state index contributed by atoms with van der Waals surface area (Å²) in [5, 5.41) is 12.8. The van der Waals surface area contributed by atoms with Crippen LogP contribution in [0.2, 0.25) is 0 Å². The lowest BCUT2D eigenvalue weighted by Gasteiger charge is -2.46. The van der Waals surface area contributed by atoms with Crippen LogP contribution in [0.5, 0.6) is 0 Å². The molecule has 14 heavy (non-hydrogen) atoms. The van der Waals surface area contributed by atoms with Crippen molar-refractivity contribution < 1.29 is 5.11 Å². The minimum Gasteiger partial charge on any atom is -0.396 e. The van der Waals surface area contributed by atoms with E-state index in [-0.39, 0.29) is 5.54 Å². The highest BCUT2D eigenvalue weighted by Crippen LogP contribution is 2.38. The predicted molar refractivity (Wildman–Crippen MR) is 60.3 cm³/mol. The zero-order chi connectivity index (χ0) is 10.6. The van der Waals surface area contributed by atoms with Gasteiger partial charge in [-0.15, -0.1) is 0 Å². The van der Waals surface area contributed by atoms with E-state index in [4.69, 9.17) is 0 Å². The molecule has 2 heteroatoms. The lowest BCUT2D eigenvalue weighted by molar-refractivity contribution is 0.0891. The average molecular weight is 199 g/mol. The lowest BCUT2D eigenvalue weighted by atomic mass is 9.68. The van der Waals surface area contributed by atoms with Gasteiger partial charge in [-0.05, 0) is 37.6 Å². The summed E-state index contributed by atoms with van der Waals surface area (Å²) >= 11 is 0. The van der Waals surface area contributed by atoms with Crippen molar-refractivity contribution in [2.24, 2.45) is 11.8 Å². The van der Waals surface area contributed by atoms with Crippen molar-refractivity contribution in [2.45, 2.75) is 52.0 Å². The van der Waals surface area contributed by atoms with Gasteiger partial charge in [-0.25, -0.2) is 0 Å². The standard InChI is InChI=1S/C12H25NO/c1-4-13-12(7-8-14)9-10(2)5-6-11(12)3/h10-11,13-14H,4-9H2,1-3H3. The lowest BCUT2D eigenvalue weighted by Crippen LogP contribution is -2.54. The van der Waals surface area contributed by atoms with Gasteiger partial charge in [-0.3, -0.25) is 0 Å². The second-order valence-electron chi connectivity index (χ2n) is 4.95. The molecule has 3 unspecified atom stereocenters. The summed E-state index contributed by atoms with van der Waals surface area (Å²) in [5.41, 5.74) is 0.209. The van der Waals surface area contributed by atoms with Crippen LogP contribution in [0.3, 0.4) is 0 Å². The molecule has 2 N–H and O–H groups in total. The van der Waals surface area contributed by atoms with Crippen LogP contribution in [0.15, 0.2) is 0 Å². The summed E-state index contributed by atoms with van der Waals surface area (Å²) in [7, 11) is 0. The van der Waals surface area contributed by atoms with E-state index in [1.165, 1.54) is 19.3 Å². The van der Waals surface area contributed by atoms with Crippen molar-refractivity contribution in [3.05, 3.63) is 0 Å². The first-order chi connectivity index (χ1) is 6.64. The van der Waals surface area contributed by atoms with Crippen LogP contribution in [0.25, 0.3) is 0 Å². The van der Waals surface area contributed by atoms with Gasteiger partial charge in [-0.2, -0.15) is 0 Å². The Balaban J connectivity index is 2.69. The van der Waals surface area contributed by atoms with Crippen molar-refractivity contribution in [2.75, 3.05) is 13.2 Å². The van der Waals surface area contributed by atoms with Gasteiger partial charge in [0, 0.05) is 12.1 Å². The fraction of sp³-hybridized carbons (Fsp3) is 1.00. The molecule has 84 valence electrons. The first-order valence-corrected chi connectivity index (χ1v) is 6.00. The summed E-state index contributed by atoms with van der Waals surface area (Å²) < 4.78 is 0. The Kier molecular flexibility index (Phi) is 4.39. The third kappa shape index (κ3) is 2.48. The number of hydrogen-bond acceptors (Lipinski definition) is 2. The summed E-state index contributed by atoms with van der Waals surface area (Å²) in [6, 6.07) is 0. The maximum absolute atomic E-state index is 9.17. The van der Waals surface area contributed by atoms with E-state index >= 15 is 0 Å². The van der Waals surface area contributed by atoms with Gasteiger partial charge < -0.3 is 10.4 Å². The van der Waals surface area contributed by atoms with Gasteiger partial charge in [0.2, 0.25) is 0 Å². The van der Waals surface area contributed by atoms with Gasteiger partial charge in [0.25, 0.3) is 0 Å². The smallest absolute Gasteiger partial charge is 0.0448 e. The molecular weight excluding hydrogens is 174 g/mol. The Labute approximate surface area is 88.1 Å². The summed E-state index contributed by atoms with van der Waals surface area (Å²) in [5.74, 6) is 1.50. The maximum Gasteiger partial charge on any atom is 0.0448 e. The van der Waals surface area contributed by atoms with Crippen molar-refractivity contribution >= 4 is 0 Å². The van der Waals surface area contributed by atoms with Gasteiger partial charge >= 0.3 is 0 Å². The van der Waals surface area contributed by atoms with E-state index in [1.54, 1.807) is 0 Å². The monoisotopic (exact) mass is 199 g/mol. The fourth-order valence-corrected chi connectivity index (χ4v) is 2.97. The first kappa shape index (κ1) is 12.0. The van der Waals surface area contributed by atoms with Crippen LogP contribution in [-0.2, 0) is 0 Å². The number of aliphatic hydroxyl groups is 1. The van der Waals surface area contributed by atoms with Gasteiger partial charge in [-0.1, -0.05) is 27.2 Å². The van der Waals surface area contributed by atoms with Crippen LogP contribution >= 0.6 is 0 Å². The first-order valence-electron chi connectivity index (χ1n) is 6.00. The van der Waals surface area contributed by atoms with E-state index < -0.39 is 0 Å². The quantitative estimate of drug-likeness (QED) is 0.727. The summed E-state index contributed by atoms with van der Waals surface area (Å²) in [6.45, 7) is 8.13. The van der Waals surface area contributed by atoms with Gasteiger partial charge in [0.1, 0.15) is 0 Å². The Morgan fingerprint density at radius 3 is 2.64 bits per heavy atom. The Hall–Kier alpha value is -0.0800. The molecule has 0 aliphatic heterocycles. The van der Waals surface area contributed by atoms with E-state index in [1.807, 2.05) is 0 Å². The molecule has 0 aromatic heterocycles. The molecule has 3 atom stereocenters. The van der Waals surface area contributed by atoms with Crippen molar-refractivity contribution in [3.8, 4) is 0 Å². The number of aliphatic hydroxyl groups excluding tert-OH is 1. The molecule has 0 heterocycles. The molecular formula is C12H25NO. The highest BCUT2D eigenvalue weighted by Gasteiger charge is 2.39. The highest BCUT2D eigenvalue weighted by molar-refractivity contribution is 4.96. The van der Waals surface area contributed by atoms with Crippen LogP contribution in [-0.4, -0.2) is 23.8 Å². The van der Waals surface area contributed by atoms with Gasteiger partial charge in [0.05, 0.1) is 0 Å². The van der Waals surface area contributed by atoms with Crippen LogP contribution in [0.4, 0.5) is 0 Å². The van der Waals surface area contributed by atoms with Crippen LogP contribution in [0, 0.1) is 11.8 Å². The normalized spacial score (nSPS) is 38.6. The van der Waals surface area contributed by atoms with E-state index in [2.05, 4.69) is 26.1 Å². The highest BCUT2D eigenvalue weighted by atomic mass is 16.3. The topological polar surface area (TPSA) is 32.3 Å². The third-order valence-electron chi connectivity index (χ3n) is 3.84. The van der Waals surface area contributed by atoms with E-state index in [0.717, 1.165) is 18.9 Å². The molecule has 1 fully saturated rings. The molecule has 1 aliphatic carbocycles. The minimum absolute atomic E-state index is 0.209. The molecule has 0 bridgehead atoms. The van der Waals surface area contributed by atoms with Crippen molar-refractivity contribution in [3.63, 3.8) is 0 Å². The molecule has 0 radical (unpaired) electrons. The molecule has 1 rings (SSSR count). The summed E-state index contributed by atoms with van der Waals surface area (Å²) in [6.07, 6.45) is 4.78. The average Bonchev–Trinajstić information content (AvgIpc) is 2.13. The van der Waals surface area contributed by atoms with Crippen molar-refractivity contribution in [1.29, 1.82) is 0 Å². The van der Waals surface area contributed by atoms with Gasteiger partial charge in [0.15, 0.2) is 0 Å². The number of rotatable bonds is 4. The number of hydrogen-bond donors (Lipinski definition) is 2. The SMILES string of the molecule is CCNC1(CCO)CC(C)CCC1C. The van der Waals surface area contributed by atoms with E-state index in [9.17, 15) is 5.11 Å². The molecule has 1 saturated carbocycles. The zero-order valence-electron chi connectivity index (χ0n) is 9.84. The molecule has 2 nitrogen and oxygen atoms in total. The Bertz CT molecular complexity index is 164. The van der Waals surface area contributed by atoms with E-state index in [0.29, 0.717) is 12.5 Å². The molecule has 0 amide bonds. The second-order valence-corrected chi connectivity index (χ2v) is 4.95. The zero-order valence-corrected chi connectivity index (χ0v) is 9.84. The molecule has 0 spiro atoms. The van der Waals surface area contributed by atoms with Crippen molar-refractivity contribution in [1.82, 2.24) is 5.32 Å². The minimum atomic E-state index is 0.209. The molecule has 0 aromatic rings. The Morgan fingerprint density at radius 1 is 1.36 bits per heavy atom. The fourth-order valence-electron chi connectivity index (χ4n) is 2.97. The Morgan fingerprint density at radius 2 is 2.07 bits per heavy atom. The van der Waals surface area contributed by atoms with Crippen LogP contribution < -0.4 is 5.32 Å².